The standard InChI is InChI=1S/C14H19NO6/c1-3-20-12-8-10(14(18)15-6-7-19-2)4-5-11(12)21-9-13(16)17/h4-5,8H,3,6-7,9H2,1-2H3,(H,15,18)(H,16,17). The van der Waals surface area contributed by atoms with Crippen molar-refractivity contribution in [1.82, 2.24) is 5.32 Å². The lowest BCUT2D eigenvalue weighted by Crippen LogP contribution is -2.26. The van der Waals surface area contributed by atoms with E-state index in [1.165, 1.54) is 12.1 Å². The average molecular weight is 297 g/mol. The van der Waals surface area contributed by atoms with Gasteiger partial charge in [0.1, 0.15) is 0 Å². The Balaban J connectivity index is 2.81. The minimum absolute atomic E-state index is 0.266. The first-order chi connectivity index (χ1) is 10.1. The molecule has 0 aromatic heterocycles. The molecule has 0 spiro atoms. The number of rotatable bonds is 9. The first kappa shape index (κ1) is 16.8. The predicted molar refractivity (Wildman–Crippen MR) is 75.0 cm³/mol. The van der Waals surface area contributed by atoms with E-state index in [0.29, 0.717) is 31.1 Å². The Morgan fingerprint density at radius 3 is 2.62 bits per heavy atom. The van der Waals surface area contributed by atoms with Crippen molar-refractivity contribution < 1.29 is 28.9 Å². The van der Waals surface area contributed by atoms with Gasteiger partial charge >= 0.3 is 5.97 Å². The number of methoxy groups -OCH3 is 1. The zero-order valence-electron chi connectivity index (χ0n) is 12.0. The van der Waals surface area contributed by atoms with Crippen LogP contribution >= 0.6 is 0 Å². The molecule has 1 rings (SSSR count). The highest BCUT2D eigenvalue weighted by Crippen LogP contribution is 2.28. The van der Waals surface area contributed by atoms with Gasteiger partial charge in [0, 0.05) is 19.2 Å². The molecule has 0 bridgehead atoms. The van der Waals surface area contributed by atoms with Crippen molar-refractivity contribution in [2.75, 3.05) is 33.5 Å². The van der Waals surface area contributed by atoms with Crippen molar-refractivity contribution >= 4 is 11.9 Å². The van der Waals surface area contributed by atoms with Gasteiger partial charge in [-0.2, -0.15) is 0 Å². The van der Waals surface area contributed by atoms with Gasteiger partial charge in [-0.25, -0.2) is 4.79 Å². The molecular formula is C14H19NO6. The molecule has 0 saturated heterocycles. The fraction of sp³-hybridized carbons (Fsp3) is 0.429. The highest BCUT2D eigenvalue weighted by molar-refractivity contribution is 5.94. The van der Waals surface area contributed by atoms with E-state index in [9.17, 15) is 9.59 Å². The minimum Gasteiger partial charge on any atom is -0.490 e. The van der Waals surface area contributed by atoms with Crippen LogP contribution in [0.25, 0.3) is 0 Å². The van der Waals surface area contributed by atoms with E-state index in [4.69, 9.17) is 19.3 Å². The summed E-state index contributed by atoms with van der Waals surface area (Å²) in [5, 5.41) is 11.3. The largest absolute Gasteiger partial charge is 0.490 e. The molecule has 0 aliphatic rings. The second-order valence-corrected chi connectivity index (χ2v) is 4.03. The number of ether oxygens (including phenoxy) is 3. The fourth-order valence-corrected chi connectivity index (χ4v) is 1.55. The molecule has 7 nitrogen and oxygen atoms in total. The molecule has 21 heavy (non-hydrogen) atoms. The molecule has 2 N–H and O–H groups in total. The van der Waals surface area contributed by atoms with Gasteiger partial charge in [0.25, 0.3) is 5.91 Å². The third-order valence-corrected chi connectivity index (χ3v) is 2.45. The third-order valence-electron chi connectivity index (χ3n) is 2.45. The molecular weight excluding hydrogens is 278 g/mol. The number of carboxylic acid groups (broad SMARTS) is 1. The van der Waals surface area contributed by atoms with Crippen LogP contribution in [0.5, 0.6) is 11.5 Å². The Bertz CT molecular complexity index is 488. The van der Waals surface area contributed by atoms with Crippen LogP contribution in [0.1, 0.15) is 17.3 Å². The lowest BCUT2D eigenvalue weighted by Gasteiger charge is -2.12. The molecule has 1 aromatic rings. The Hall–Kier alpha value is -2.28. The van der Waals surface area contributed by atoms with E-state index >= 15 is 0 Å². The van der Waals surface area contributed by atoms with E-state index in [-0.39, 0.29) is 11.7 Å². The van der Waals surface area contributed by atoms with E-state index in [0.717, 1.165) is 0 Å². The van der Waals surface area contributed by atoms with E-state index in [1.807, 2.05) is 0 Å². The van der Waals surface area contributed by atoms with Crippen LogP contribution in [-0.4, -0.2) is 50.5 Å². The summed E-state index contributed by atoms with van der Waals surface area (Å²) in [5.74, 6) is -0.734. The van der Waals surface area contributed by atoms with Gasteiger partial charge in [0.15, 0.2) is 18.1 Å². The number of hydrogen-bond acceptors (Lipinski definition) is 5. The normalized spacial score (nSPS) is 10.0. The molecule has 0 saturated carbocycles. The molecule has 0 aliphatic heterocycles. The van der Waals surface area contributed by atoms with Crippen LogP contribution in [-0.2, 0) is 9.53 Å². The first-order valence-corrected chi connectivity index (χ1v) is 6.47. The zero-order chi connectivity index (χ0) is 15.7. The number of amides is 1. The summed E-state index contributed by atoms with van der Waals surface area (Å²) >= 11 is 0. The van der Waals surface area contributed by atoms with Crippen molar-refractivity contribution in [1.29, 1.82) is 0 Å². The Morgan fingerprint density at radius 1 is 1.24 bits per heavy atom. The Morgan fingerprint density at radius 2 is 2.00 bits per heavy atom. The van der Waals surface area contributed by atoms with E-state index in [2.05, 4.69) is 5.32 Å². The number of carbonyl (C=O) groups is 2. The van der Waals surface area contributed by atoms with Crippen LogP contribution < -0.4 is 14.8 Å². The number of aliphatic carboxylic acids is 1. The molecule has 116 valence electrons. The summed E-state index contributed by atoms with van der Waals surface area (Å²) in [4.78, 5) is 22.4. The van der Waals surface area contributed by atoms with E-state index < -0.39 is 12.6 Å². The quantitative estimate of drug-likeness (QED) is 0.658. The third kappa shape index (κ3) is 5.70. The fourth-order valence-electron chi connectivity index (χ4n) is 1.55. The molecule has 0 aliphatic carbocycles. The van der Waals surface area contributed by atoms with Gasteiger partial charge in [-0.3, -0.25) is 4.79 Å². The van der Waals surface area contributed by atoms with Crippen LogP contribution in [0.15, 0.2) is 18.2 Å². The van der Waals surface area contributed by atoms with Crippen molar-refractivity contribution in [3.63, 3.8) is 0 Å². The lowest BCUT2D eigenvalue weighted by atomic mass is 10.2. The summed E-state index contributed by atoms with van der Waals surface area (Å²) in [5.41, 5.74) is 0.400. The lowest BCUT2D eigenvalue weighted by molar-refractivity contribution is -0.139. The van der Waals surface area contributed by atoms with Gasteiger partial charge in [-0.1, -0.05) is 0 Å². The number of hydrogen-bond donors (Lipinski definition) is 2. The van der Waals surface area contributed by atoms with Crippen molar-refractivity contribution in [3.05, 3.63) is 23.8 Å². The highest BCUT2D eigenvalue weighted by atomic mass is 16.5. The van der Waals surface area contributed by atoms with Crippen LogP contribution in [0.4, 0.5) is 0 Å². The second kappa shape index (κ2) is 8.80. The number of carbonyl (C=O) groups excluding carboxylic acids is 1. The summed E-state index contributed by atoms with van der Waals surface area (Å²) in [6.07, 6.45) is 0. The van der Waals surface area contributed by atoms with Gasteiger partial charge in [-0.05, 0) is 25.1 Å². The molecule has 0 radical (unpaired) electrons. The molecule has 0 unspecified atom stereocenters. The van der Waals surface area contributed by atoms with Gasteiger partial charge < -0.3 is 24.6 Å². The maximum atomic E-state index is 11.9. The average Bonchev–Trinajstić information content (AvgIpc) is 2.46. The van der Waals surface area contributed by atoms with Crippen LogP contribution in [0, 0.1) is 0 Å². The van der Waals surface area contributed by atoms with Crippen molar-refractivity contribution in [2.24, 2.45) is 0 Å². The molecule has 1 amide bonds. The van der Waals surface area contributed by atoms with Gasteiger partial charge in [0.2, 0.25) is 0 Å². The second-order valence-electron chi connectivity index (χ2n) is 4.03. The molecule has 7 heteroatoms. The summed E-state index contributed by atoms with van der Waals surface area (Å²) in [7, 11) is 1.55. The minimum atomic E-state index is -1.08. The van der Waals surface area contributed by atoms with Gasteiger partial charge in [-0.15, -0.1) is 0 Å². The maximum absolute atomic E-state index is 11.9. The maximum Gasteiger partial charge on any atom is 0.341 e. The number of benzene rings is 1. The SMILES string of the molecule is CCOc1cc(C(=O)NCCOC)ccc1OCC(=O)O. The van der Waals surface area contributed by atoms with Crippen molar-refractivity contribution in [2.45, 2.75) is 6.92 Å². The van der Waals surface area contributed by atoms with Crippen LogP contribution in [0.2, 0.25) is 0 Å². The molecule has 0 atom stereocenters. The molecule has 1 aromatic carbocycles. The predicted octanol–water partition coefficient (Wildman–Crippen LogP) is 0.925. The Kier molecular flexibility index (Phi) is 7.03. The van der Waals surface area contributed by atoms with Gasteiger partial charge in [0.05, 0.1) is 13.2 Å². The summed E-state index contributed by atoms with van der Waals surface area (Å²) in [6, 6.07) is 4.57. The van der Waals surface area contributed by atoms with Crippen molar-refractivity contribution in [3.8, 4) is 11.5 Å². The number of nitrogens with one attached hydrogen (secondary N) is 1. The van der Waals surface area contributed by atoms with Crippen LogP contribution in [0.3, 0.4) is 0 Å². The Labute approximate surface area is 122 Å². The topological polar surface area (TPSA) is 94.1 Å². The van der Waals surface area contributed by atoms with E-state index in [1.54, 1.807) is 20.1 Å². The molecule has 0 heterocycles. The smallest absolute Gasteiger partial charge is 0.341 e. The summed E-state index contributed by atoms with van der Waals surface area (Å²) in [6.45, 7) is 2.50. The monoisotopic (exact) mass is 297 g/mol. The zero-order valence-corrected chi connectivity index (χ0v) is 12.0. The highest BCUT2D eigenvalue weighted by Gasteiger charge is 2.12. The molecule has 0 fully saturated rings. The number of carboxylic acids is 1. The first-order valence-electron chi connectivity index (χ1n) is 6.47. The summed E-state index contributed by atoms with van der Waals surface area (Å²) < 4.78 is 15.3.